The number of piperidine rings is 1. The molecule has 0 radical (unpaired) electrons. The standard InChI is InChI=1S/C20H29N3OS.2ClH/c24-19(23-9-6-20(7-10-23)5-8-21-16-20)18-3-1-17(2-4-18)15-22-11-13-25-14-12-22;;/h1-4,21H,5-16H2;2*1H. The molecule has 0 aromatic heterocycles. The molecule has 3 fully saturated rings. The van der Waals surface area contributed by atoms with E-state index in [0.29, 0.717) is 5.41 Å². The van der Waals surface area contributed by atoms with Crippen molar-refractivity contribution in [3.05, 3.63) is 35.4 Å². The van der Waals surface area contributed by atoms with Crippen molar-refractivity contribution in [2.24, 2.45) is 5.41 Å². The number of carbonyl (C=O) groups excluding carboxylic acids is 1. The van der Waals surface area contributed by atoms with Gasteiger partial charge in [-0.2, -0.15) is 11.8 Å². The number of carbonyl (C=O) groups is 1. The summed E-state index contributed by atoms with van der Waals surface area (Å²) in [6.07, 6.45) is 3.58. The van der Waals surface area contributed by atoms with Gasteiger partial charge in [-0.15, -0.1) is 24.8 Å². The Hall–Kier alpha value is -0.460. The number of benzene rings is 1. The van der Waals surface area contributed by atoms with Crippen LogP contribution in [0.15, 0.2) is 24.3 Å². The predicted octanol–water partition coefficient (Wildman–Crippen LogP) is 3.29. The van der Waals surface area contributed by atoms with E-state index in [9.17, 15) is 4.79 Å². The Kier molecular flexibility index (Phi) is 8.75. The molecule has 152 valence electrons. The topological polar surface area (TPSA) is 35.6 Å². The molecule has 0 atom stereocenters. The molecule has 1 aromatic carbocycles. The predicted molar refractivity (Wildman–Crippen MR) is 119 cm³/mol. The highest BCUT2D eigenvalue weighted by molar-refractivity contribution is 7.99. The summed E-state index contributed by atoms with van der Waals surface area (Å²) in [5, 5.41) is 3.49. The molecule has 1 amide bonds. The van der Waals surface area contributed by atoms with Crippen molar-refractivity contribution < 1.29 is 4.79 Å². The maximum absolute atomic E-state index is 12.8. The Balaban J connectivity index is 0.00000131. The lowest BCUT2D eigenvalue weighted by Gasteiger charge is -2.39. The van der Waals surface area contributed by atoms with E-state index in [2.05, 4.69) is 27.2 Å². The lowest BCUT2D eigenvalue weighted by atomic mass is 9.78. The molecule has 3 saturated heterocycles. The van der Waals surface area contributed by atoms with E-state index in [1.807, 2.05) is 23.9 Å². The minimum Gasteiger partial charge on any atom is -0.339 e. The average molecular weight is 432 g/mol. The minimum absolute atomic E-state index is 0. The van der Waals surface area contributed by atoms with E-state index in [-0.39, 0.29) is 30.7 Å². The van der Waals surface area contributed by atoms with Crippen LogP contribution in [0.2, 0.25) is 0 Å². The Morgan fingerprint density at radius 2 is 1.67 bits per heavy atom. The molecule has 1 spiro atoms. The number of halogens is 2. The molecule has 3 aliphatic heterocycles. The van der Waals surface area contributed by atoms with Gasteiger partial charge in [0.05, 0.1) is 0 Å². The van der Waals surface area contributed by atoms with Gasteiger partial charge in [0, 0.05) is 56.3 Å². The van der Waals surface area contributed by atoms with Crippen LogP contribution in [0.5, 0.6) is 0 Å². The first-order valence-electron chi connectivity index (χ1n) is 9.63. The minimum atomic E-state index is 0. The highest BCUT2D eigenvalue weighted by Gasteiger charge is 2.38. The number of thioether (sulfide) groups is 1. The second kappa shape index (κ2) is 10.4. The molecule has 1 aromatic rings. The zero-order chi connectivity index (χ0) is 17.1. The molecule has 1 N–H and O–H groups in total. The summed E-state index contributed by atoms with van der Waals surface area (Å²) in [6.45, 7) is 7.46. The van der Waals surface area contributed by atoms with E-state index in [1.165, 1.54) is 36.6 Å². The van der Waals surface area contributed by atoms with Crippen LogP contribution in [0.1, 0.15) is 35.2 Å². The van der Waals surface area contributed by atoms with Crippen LogP contribution in [0.25, 0.3) is 0 Å². The SMILES string of the molecule is Cl.Cl.O=C(c1ccc(CN2CCSCC2)cc1)N1CCC2(CCNC2)CC1. The number of hydrogen-bond donors (Lipinski definition) is 1. The van der Waals surface area contributed by atoms with E-state index < -0.39 is 0 Å². The maximum Gasteiger partial charge on any atom is 0.253 e. The summed E-state index contributed by atoms with van der Waals surface area (Å²) in [6, 6.07) is 8.33. The zero-order valence-electron chi connectivity index (χ0n) is 15.8. The normalized spacial score (nSPS) is 22.1. The van der Waals surface area contributed by atoms with E-state index in [1.54, 1.807) is 0 Å². The van der Waals surface area contributed by atoms with Crippen molar-refractivity contribution in [2.45, 2.75) is 25.8 Å². The molecule has 4 rings (SSSR count). The second-order valence-electron chi connectivity index (χ2n) is 7.80. The summed E-state index contributed by atoms with van der Waals surface area (Å²) < 4.78 is 0. The first kappa shape index (κ1) is 22.8. The molecule has 27 heavy (non-hydrogen) atoms. The number of nitrogens with one attached hydrogen (secondary N) is 1. The van der Waals surface area contributed by atoms with Crippen molar-refractivity contribution in [3.63, 3.8) is 0 Å². The monoisotopic (exact) mass is 431 g/mol. The second-order valence-corrected chi connectivity index (χ2v) is 9.03. The van der Waals surface area contributed by atoms with Gasteiger partial charge < -0.3 is 10.2 Å². The van der Waals surface area contributed by atoms with Crippen LogP contribution in [0, 0.1) is 5.41 Å². The fourth-order valence-electron chi connectivity index (χ4n) is 4.36. The molecule has 3 heterocycles. The Morgan fingerprint density at radius 1 is 1.00 bits per heavy atom. The maximum atomic E-state index is 12.8. The lowest BCUT2D eigenvalue weighted by Crippen LogP contribution is -2.44. The van der Waals surface area contributed by atoms with Crippen molar-refractivity contribution in [1.82, 2.24) is 15.1 Å². The third kappa shape index (κ3) is 5.54. The molecule has 0 saturated carbocycles. The fraction of sp³-hybridized carbons (Fsp3) is 0.650. The molecule has 0 bridgehead atoms. The van der Waals surface area contributed by atoms with Crippen LogP contribution < -0.4 is 5.32 Å². The molecule has 3 aliphatic rings. The van der Waals surface area contributed by atoms with Gasteiger partial charge in [-0.05, 0) is 48.9 Å². The summed E-state index contributed by atoms with van der Waals surface area (Å²) in [5.74, 6) is 2.69. The molecule has 7 heteroatoms. The van der Waals surface area contributed by atoms with Crippen LogP contribution >= 0.6 is 36.6 Å². The van der Waals surface area contributed by atoms with Crippen LogP contribution in [-0.4, -0.2) is 66.5 Å². The summed E-state index contributed by atoms with van der Waals surface area (Å²) >= 11 is 2.04. The van der Waals surface area contributed by atoms with Gasteiger partial charge in [-0.25, -0.2) is 0 Å². The zero-order valence-corrected chi connectivity index (χ0v) is 18.3. The summed E-state index contributed by atoms with van der Waals surface area (Å²) in [7, 11) is 0. The van der Waals surface area contributed by atoms with E-state index >= 15 is 0 Å². The van der Waals surface area contributed by atoms with Gasteiger partial charge in [0.1, 0.15) is 0 Å². The van der Waals surface area contributed by atoms with Crippen LogP contribution in [-0.2, 0) is 6.54 Å². The van der Waals surface area contributed by atoms with Crippen molar-refractivity contribution in [2.75, 3.05) is 50.8 Å². The highest BCUT2D eigenvalue weighted by Crippen LogP contribution is 2.37. The first-order chi connectivity index (χ1) is 12.2. The van der Waals surface area contributed by atoms with Gasteiger partial charge in [0.25, 0.3) is 5.91 Å². The van der Waals surface area contributed by atoms with E-state index in [0.717, 1.165) is 51.1 Å². The third-order valence-corrected chi connectivity index (χ3v) is 7.10. The van der Waals surface area contributed by atoms with Crippen LogP contribution in [0.4, 0.5) is 0 Å². The van der Waals surface area contributed by atoms with Gasteiger partial charge in [0.2, 0.25) is 0 Å². The number of nitrogens with zero attached hydrogens (tertiary/aromatic N) is 2. The number of rotatable bonds is 3. The van der Waals surface area contributed by atoms with Gasteiger partial charge in [-0.1, -0.05) is 12.1 Å². The Bertz CT molecular complexity index is 592. The summed E-state index contributed by atoms with van der Waals surface area (Å²) in [4.78, 5) is 17.4. The molecule has 0 aliphatic carbocycles. The molecular weight excluding hydrogens is 401 g/mol. The molecule has 4 nitrogen and oxygen atoms in total. The quantitative estimate of drug-likeness (QED) is 0.795. The number of hydrogen-bond acceptors (Lipinski definition) is 4. The Morgan fingerprint density at radius 3 is 2.26 bits per heavy atom. The van der Waals surface area contributed by atoms with Gasteiger partial charge >= 0.3 is 0 Å². The van der Waals surface area contributed by atoms with Gasteiger partial charge in [0.15, 0.2) is 0 Å². The van der Waals surface area contributed by atoms with Crippen molar-refractivity contribution >= 4 is 42.5 Å². The fourth-order valence-corrected chi connectivity index (χ4v) is 5.34. The average Bonchev–Trinajstić information content (AvgIpc) is 3.11. The largest absolute Gasteiger partial charge is 0.339 e. The van der Waals surface area contributed by atoms with E-state index in [4.69, 9.17) is 0 Å². The van der Waals surface area contributed by atoms with Crippen LogP contribution in [0.3, 0.4) is 0 Å². The number of amides is 1. The molecular formula is C20H31Cl2N3OS. The highest BCUT2D eigenvalue weighted by atomic mass is 35.5. The third-order valence-electron chi connectivity index (χ3n) is 6.15. The summed E-state index contributed by atoms with van der Waals surface area (Å²) in [5.41, 5.74) is 2.63. The van der Waals surface area contributed by atoms with Crippen molar-refractivity contribution in [1.29, 1.82) is 0 Å². The number of likely N-dealkylation sites (tertiary alicyclic amines) is 1. The first-order valence-corrected chi connectivity index (χ1v) is 10.8. The lowest BCUT2D eigenvalue weighted by molar-refractivity contribution is 0.0607. The van der Waals surface area contributed by atoms with Gasteiger partial charge in [-0.3, -0.25) is 9.69 Å². The van der Waals surface area contributed by atoms with Crippen molar-refractivity contribution in [3.8, 4) is 0 Å². The molecule has 0 unspecified atom stereocenters. The smallest absolute Gasteiger partial charge is 0.253 e. The Labute approximate surface area is 179 Å².